The van der Waals surface area contributed by atoms with Crippen molar-refractivity contribution in [2.45, 2.75) is 18.6 Å². The number of hydrogen-bond donors (Lipinski definition) is 1. The minimum absolute atomic E-state index is 0.114. The van der Waals surface area contributed by atoms with Crippen LogP contribution in [0.25, 0.3) is 0 Å². The van der Waals surface area contributed by atoms with Crippen molar-refractivity contribution in [1.82, 2.24) is 4.31 Å². The average Bonchev–Trinajstić information content (AvgIpc) is 2.73. The van der Waals surface area contributed by atoms with Crippen molar-refractivity contribution in [3.8, 4) is 0 Å². The lowest BCUT2D eigenvalue weighted by molar-refractivity contribution is -0.120. The van der Waals surface area contributed by atoms with Gasteiger partial charge in [-0.25, -0.2) is 17.5 Å². The van der Waals surface area contributed by atoms with Gasteiger partial charge in [0.1, 0.15) is 0 Å². The van der Waals surface area contributed by atoms with E-state index in [1.807, 2.05) is 0 Å². The average molecular weight is 451 g/mol. The van der Waals surface area contributed by atoms with E-state index in [2.05, 4.69) is 10.1 Å². The van der Waals surface area contributed by atoms with Crippen LogP contribution < -0.4 is 5.32 Å². The second-order valence-corrected chi connectivity index (χ2v) is 9.52. The number of methoxy groups -OCH3 is 1. The van der Waals surface area contributed by atoms with Crippen molar-refractivity contribution >= 4 is 39.2 Å². The van der Waals surface area contributed by atoms with Gasteiger partial charge in [-0.1, -0.05) is 23.7 Å². The fraction of sp³-hybridized carbons (Fsp3) is 0.333. The van der Waals surface area contributed by atoms with E-state index in [1.54, 1.807) is 48.5 Å². The van der Waals surface area contributed by atoms with Gasteiger partial charge >= 0.3 is 5.97 Å². The third-order valence-corrected chi connectivity index (χ3v) is 7.11. The third kappa shape index (κ3) is 5.59. The van der Waals surface area contributed by atoms with Crippen molar-refractivity contribution in [2.24, 2.45) is 5.92 Å². The predicted molar refractivity (Wildman–Crippen MR) is 115 cm³/mol. The van der Waals surface area contributed by atoms with Gasteiger partial charge in [-0.2, -0.15) is 0 Å². The van der Waals surface area contributed by atoms with E-state index in [9.17, 15) is 18.0 Å². The SMILES string of the molecule is COC(=O)c1ccc(NC(=O)C2CCN(S(=O)(=O)Cc3cccc(Cl)c3)CC2)cc1. The number of esters is 1. The highest BCUT2D eigenvalue weighted by molar-refractivity contribution is 7.88. The largest absolute Gasteiger partial charge is 0.465 e. The Hall–Kier alpha value is -2.42. The van der Waals surface area contributed by atoms with Crippen LogP contribution in [0.15, 0.2) is 48.5 Å². The first-order valence-electron chi connectivity index (χ1n) is 9.50. The van der Waals surface area contributed by atoms with E-state index in [1.165, 1.54) is 11.4 Å². The summed E-state index contributed by atoms with van der Waals surface area (Å²) in [4.78, 5) is 24.0. The van der Waals surface area contributed by atoms with Crippen LogP contribution in [-0.2, 0) is 25.3 Å². The van der Waals surface area contributed by atoms with Crippen molar-refractivity contribution in [3.05, 3.63) is 64.7 Å². The molecule has 0 aromatic heterocycles. The molecule has 0 spiro atoms. The van der Waals surface area contributed by atoms with Gasteiger partial charge < -0.3 is 10.1 Å². The van der Waals surface area contributed by atoms with Crippen LogP contribution in [0.1, 0.15) is 28.8 Å². The Bertz CT molecular complexity index is 1020. The summed E-state index contributed by atoms with van der Waals surface area (Å²) in [5, 5.41) is 3.32. The van der Waals surface area contributed by atoms with Crippen molar-refractivity contribution in [3.63, 3.8) is 0 Å². The van der Waals surface area contributed by atoms with Crippen molar-refractivity contribution in [1.29, 1.82) is 0 Å². The Labute approximate surface area is 181 Å². The lowest BCUT2D eigenvalue weighted by Crippen LogP contribution is -2.41. The molecule has 160 valence electrons. The number of rotatable bonds is 6. The minimum Gasteiger partial charge on any atom is -0.465 e. The molecule has 7 nitrogen and oxygen atoms in total. The van der Waals surface area contributed by atoms with E-state index in [-0.39, 0.29) is 17.6 Å². The fourth-order valence-electron chi connectivity index (χ4n) is 3.38. The van der Waals surface area contributed by atoms with Gasteiger partial charge in [0.15, 0.2) is 0 Å². The van der Waals surface area contributed by atoms with Gasteiger partial charge in [-0.3, -0.25) is 4.79 Å². The fourth-order valence-corrected chi connectivity index (χ4v) is 5.14. The maximum absolute atomic E-state index is 12.7. The summed E-state index contributed by atoms with van der Waals surface area (Å²) in [5.74, 6) is -0.994. The molecule has 0 radical (unpaired) electrons. The summed E-state index contributed by atoms with van der Waals surface area (Å²) >= 11 is 5.94. The summed E-state index contributed by atoms with van der Waals surface area (Å²) in [6.45, 7) is 0.588. The number of anilines is 1. The van der Waals surface area contributed by atoms with Gasteiger partial charge in [-0.05, 0) is 54.8 Å². The van der Waals surface area contributed by atoms with Crippen LogP contribution in [-0.4, -0.2) is 44.8 Å². The first-order chi connectivity index (χ1) is 14.3. The summed E-state index contributed by atoms with van der Waals surface area (Å²) < 4.78 is 31.5. The normalized spacial score (nSPS) is 15.5. The zero-order valence-electron chi connectivity index (χ0n) is 16.5. The maximum Gasteiger partial charge on any atom is 0.337 e. The quantitative estimate of drug-likeness (QED) is 0.681. The van der Waals surface area contributed by atoms with Crippen LogP contribution in [0.3, 0.4) is 0 Å². The molecular weight excluding hydrogens is 428 g/mol. The number of nitrogens with one attached hydrogen (secondary N) is 1. The first-order valence-corrected chi connectivity index (χ1v) is 11.5. The molecule has 9 heteroatoms. The molecule has 0 unspecified atom stereocenters. The summed E-state index contributed by atoms with van der Waals surface area (Å²) in [7, 11) is -2.17. The molecule has 0 aliphatic carbocycles. The number of carbonyl (C=O) groups excluding carboxylic acids is 2. The molecule has 1 heterocycles. The van der Waals surface area contributed by atoms with Gasteiger partial charge in [-0.15, -0.1) is 0 Å². The molecule has 2 aromatic carbocycles. The summed E-state index contributed by atoms with van der Waals surface area (Å²) in [6, 6.07) is 13.2. The lowest BCUT2D eigenvalue weighted by atomic mass is 9.97. The number of amides is 1. The van der Waals surface area contributed by atoms with Gasteiger partial charge in [0.25, 0.3) is 0 Å². The topological polar surface area (TPSA) is 92.8 Å². The van der Waals surface area contributed by atoms with E-state index in [4.69, 9.17) is 11.6 Å². The van der Waals surface area contributed by atoms with Crippen LogP contribution in [0, 0.1) is 5.92 Å². The number of carbonyl (C=O) groups is 2. The molecule has 1 fully saturated rings. The van der Waals surface area contributed by atoms with E-state index >= 15 is 0 Å². The van der Waals surface area contributed by atoms with Crippen molar-refractivity contribution in [2.75, 3.05) is 25.5 Å². The Balaban J connectivity index is 1.54. The molecule has 0 atom stereocenters. The molecule has 1 aliphatic heterocycles. The first kappa shape index (κ1) is 22.3. The number of hydrogen-bond acceptors (Lipinski definition) is 5. The van der Waals surface area contributed by atoms with Crippen LogP contribution in [0.5, 0.6) is 0 Å². The summed E-state index contributed by atoms with van der Waals surface area (Å²) in [6.07, 6.45) is 0.891. The monoisotopic (exact) mass is 450 g/mol. The highest BCUT2D eigenvalue weighted by Gasteiger charge is 2.31. The number of halogens is 1. The summed E-state index contributed by atoms with van der Waals surface area (Å²) in [5.41, 5.74) is 1.61. The highest BCUT2D eigenvalue weighted by atomic mass is 35.5. The molecule has 1 aliphatic rings. The Morgan fingerprint density at radius 3 is 2.40 bits per heavy atom. The molecule has 0 saturated carbocycles. The smallest absolute Gasteiger partial charge is 0.337 e. The Morgan fingerprint density at radius 1 is 1.13 bits per heavy atom. The van der Waals surface area contributed by atoms with Gasteiger partial charge in [0, 0.05) is 29.7 Å². The van der Waals surface area contributed by atoms with Crippen LogP contribution in [0.2, 0.25) is 5.02 Å². The second kappa shape index (κ2) is 9.59. The van der Waals surface area contributed by atoms with Crippen LogP contribution in [0.4, 0.5) is 5.69 Å². The van der Waals surface area contributed by atoms with Crippen LogP contribution >= 0.6 is 11.6 Å². The molecule has 1 N–H and O–H groups in total. The molecule has 3 rings (SSSR count). The second-order valence-electron chi connectivity index (χ2n) is 7.12. The predicted octanol–water partition coefficient (Wildman–Crippen LogP) is 3.31. The molecule has 1 amide bonds. The van der Waals surface area contributed by atoms with E-state index in [0.29, 0.717) is 47.8 Å². The Kier molecular flexibility index (Phi) is 7.12. The third-order valence-electron chi connectivity index (χ3n) is 5.03. The minimum atomic E-state index is -3.48. The zero-order valence-corrected chi connectivity index (χ0v) is 18.1. The number of piperidine rings is 1. The number of sulfonamides is 1. The Morgan fingerprint density at radius 2 is 1.80 bits per heavy atom. The number of ether oxygens (including phenoxy) is 1. The van der Waals surface area contributed by atoms with Gasteiger partial charge in [0.05, 0.1) is 18.4 Å². The maximum atomic E-state index is 12.7. The molecule has 0 bridgehead atoms. The van der Waals surface area contributed by atoms with E-state index < -0.39 is 16.0 Å². The van der Waals surface area contributed by atoms with Crippen molar-refractivity contribution < 1.29 is 22.7 Å². The number of benzene rings is 2. The molecular formula is C21H23ClN2O5S. The van der Waals surface area contributed by atoms with E-state index in [0.717, 1.165) is 0 Å². The molecule has 30 heavy (non-hydrogen) atoms. The highest BCUT2D eigenvalue weighted by Crippen LogP contribution is 2.24. The number of nitrogens with zero attached hydrogens (tertiary/aromatic N) is 1. The lowest BCUT2D eigenvalue weighted by Gasteiger charge is -2.30. The zero-order chi connectivity index (χ0) is 21.7. The standard InChI is InChI=1S/C21H23ClN2O5S/c1-29-21(26)17-5-7-19(8-6-17)23-20(25)16-9-11-24(12-10-16)30(27,28)14-15-3-2-4-18(22)13-15/h2-8,13,16H,9-12,14H2,1H3,(H,23,25). The molecule has 1 saturated heterocycles. The molecule has 2 aromatic rings. The van der Waals surface area contributed by atoms with Gasteiger partial charge in [0.2, 0.25) is 15.9 Å².